The minimum absolute atomic E-state index is 0.0171. The lowest BCUT2D eigenvalue weighted by Gasteiger charge is -2.08. The van der Waals surface area contributed by atoms with E-state index in [1.54, 1.807) is 18.3 Å². The number of aryl methyl sites for hydroxylation is 1. The number of aromatic nitrogens is 2. The van der Waals surface area contributed by atoms with Gasteiger partial charge in [-0.2, -0.15) is 5.10 Å². The van der Waals surface area contributed by atoms with Crippen LogP contribution in [0.25, 0.3) is 0 Å². The van der Waals surface area contributed by atoms with Crippen LogP contribution in [0.4, 0.5) is 11.4 Å². The SMILES string of the molecule is COc1ccc(NCCCn2cccn2)c([N+](=O)[O-])c1. The number of hydrogen-bond acceptors (Lipinski definition) is 5. The summed E-state index contributed by atoms with van der Waals surface area (Å²) >= 11 is 0. The van der Waals surface area contributed by atoms with E-state index >= 15 is 0 Å². The van der Waals surface area contributed by atoms with E-state index in [0.717, 1.165) is 13.0 Å². The van der Waals surface area contributed by atoms with Crippen molar-refractivity contribution in [2.24, 2.45) is 0 Å². The number of nitro benzene ring substituents is 1. The summed E-state index contributed by atoms with van der Waals surface area (Å²) in [5.74, 6) is 0.471. The summed E-state index contributed by atoms with van der Waals surface area (Å²) in [6.07, 6.45) is 4.43. The molecule has 2 aromatic rings. The normalized spacial score (nSPS) is 10.2. The van der Waals surface area contributed by atoms with Gasteiger partial charge in [0.2, 0.25) is 0 Å². The molecule has 0 saturated heterocycles. The topological polar surface area (TPSA) is 82.2 Å². The Morgan fingerprint density at radius 2 is 2.35 bits per heavy atom. The molecule has 106 valence electrons. The first-order valence-electron chi connectivity index (χ1n) is 6.24. The largest absolute Gasteiger partial charge is 0.496 e. The Bertz CT molecular complexity index is 569. The van der Waals surface area contributed by atoms with Crippen molar-refractivity contribution < 1.29 is 9.66 Å². The van der Waals surface area contributed by atoms with Crippen molar-refractivity contribution >= 4 is 11.4 Å². The summed E-state index contributed by atoms with van der Waals surface area (Å²) in [5, 5.41) is 18.2. The fourth-order valence-electron chi connectivity index (χ4n) is 1.84. The molecule has 0 unspecified atom stereocenters. The van der Waals surface area contributed by atoms with Crippen molar-refractivity contribution in [2.45, 2.75) is 13.0 Å². The number of nitrogens with one attached hydrogen (secondary N) is 1. The van der Waals surface area contributed by atoms with E-state index in [2.05, 4.69) is 10.4 Å². The molecule has 0 fully saturated rings. The third-order valence-corrected chi connectivity index (χ3v) is 2.84. The molecule has 1 N–H and O–H groups in total. The number of nitro groups is 1. The van der Waals surface area contributed by atoms with E-state index in [1.165, 1.54) is 13.2 Å². The fourth-order valence-corrected chi connectivity index (χ4v) is 1.84. The van der Waals surface area contributed by atoms with Crippen molar-refractivity contribution in [1.29, 1.82) is 0 Å². The zero-order chi connectivity index (χ0) is 14.4. The van der Waals surface area contributed by atoms with Crippen LogP contribution >= 0.6 is 0 Å². The zero-order valence-electron chi connectivity index (χ0n) is 11.2. The van der Waals surface area contributed by atoms with Crippen LogP contribution in [0.3, 0.4) is 0 Å². The van der Waals surface area contributed by atoms with Crippen LogP contribution in [0.1, 0.15) is 6.42 Å². The second-order valence-corrected chi connectivity index (χ2v) is 4.19. The lowest BCUT2D eigenvalue weighted by Crippen LogP contribution is -2.08. The van der Waals surface area contributed by atoms with Gasteiger partial charge in [-0.25, -0.2) is 0 Å². The maximum atomic E-state index is 11.0. The van der Waals surface area contributed by atoms with Gasteiger partial charge in [0.1, 0.15) is 11.4 Å². The van der Waals surface area contributed by atoms with Crippen LogP contribution in [-0.2, 0) is 6.54 Å². The van der Waals surface area contributed by atoms with Crippen molar-refractivity contribution in [2.75, 3.05) is 19.0 Å². The molecule has 7 heteroatoms. The molecule has 1 heterocycles. The number of hydrogen-bond donors (Lipinski definition) is 1. The highest BCUT2D eigenvalue weighted by molar-refractivity contribution is 5.63. The van der Waals surface area contributed by atoms with Gasteiger partial charge >= 0.3 is 0 Å². The molecule has 0 saturated carbocycles. The van der Waals surface area contributed by atoms with Gasteiger partial charge in [-0.05, 0) is 24.6 Å². The summed E-state index contributed by atoms with van der Waals surface area (Å²) < 4.78 is 6.81. The number of methoxy groups -OCH3 is 1. The zero-order valence-corrected chi connectivity index (χ0v) is 11.2. The average Bonchev–Trinajstić information content (AvgIpc) is 2.96. The van der Waals surface area contributed by atoms with E-state index < -0.39 is 4.92 Å². The molecule has 0 atom stereocenters. The Labute approximate surface area is 116 Å². The minimum Gasteiger partial charge on any atom is -0.496 e. The highest BCUT2D eigenvalue weighted by Gasteiger charge is 2.14. The maximum Gasteiger partial charge on any atom is 0.296 e. The highest BCUT2D eigenvalue weighted by Crippen LogP contribution is 2.28. The Hall–Kier alpha value is -2.57. The van der Waals surface area contributed by atoms with Gasteiger partial charge in [-0.1, -0.05) is 0 Å². The average molecular weight is 276 g/mol. The highest BCUT2D eigenvalue weighted by atomic mass is 16.6. The van der Waals surface area contributed by atoms with Crippen LogP contribution in [0, 0.1) is 10.1 Å². The lowest BCUT2D eigenvalue weighted by molar-refractivity contribution is -0.384. The van der Waals surface area contributed by atoms with Crippen LogP contribution in [0.15, 0.2) is 36.7 Å². The molecule has 0 bridgehead atoms. The Morgan fingerprint density at radius 3 is 3.00 bits per heavy atom. The first-order chi connectivity index (χ1) is 9.70. The van der Waals surface area contributed by atoms with E-state index in [-0.39, 0.29) is 5.69 Å². The van der Waals surface area contributed by atoms with Crippen LogP contribution < -0.4 is 10.1 Å². The second kappa shape index (κ2) is 6.55. The molecule has 0 aliphatic rings. The lowest BCUT2D eigenvalue weighted by atomic mass is 10.2. The van der Waals surface area contributed by atoms with Crippen molar-refractivity contribution in [3.63, 3.8) is 0 Å². The predicted molar refractivity (Wildman–Crippen MR) is 75.0 cm³/mol. The van der Waals surface area contributed by atoms with Gasteiger partial charge in [0.25, 0.3) is 5.69 Å². The van der Waals surface area contributed by atoms with E-state index in [0.29, 0.717) is 18.0 Å². The Kier molecular flexibility index (Phi) is 4.54. The summed E-state index contributed by atoms with van der Waals surface area (Å²) in [4.78, 5) is 10.6. The van der Waals surface area contributed by atoms with Gasteiger partial charge in [0, 0.05) is 25.5 Å². The number of rotatable bonds is 7. The molecule has 1 aromatic heterocycles. The van der Waals surface area contributed by atoms with Crippen molar-refractivity contribution in [3.8, 4) is 5.75 Å². The van der Waals surface area contributed by atoms with Crippen molar-refractivity contribution in [1.82, 2.24) is 9.78 Å². The summed E-state index contributed by atoms with van der Waals surface area (Å²) in [7, 11) is 1.48. The third-order valence-electron chi connectivity index (χ3n) is 2.84. The summed E-state index contributed by atoms with van der Waals surface area (Å²) in [6, 6.07) is 6.63. The molecular weight excluding hydrogens is 260 g/mol. The maximum absolute atomic E-state index is 11.0. The molecule has 0 aliphatic carbocycles. The smallest absolute Gasteiger partial charge is 0.296 e. The third kappa shape index (κ3) is 3.47. The second-order valence-electron chi connectivity index (χ2n) is 4.19. The van der Waals surface area contributed by atoms with Gasteiger partial charge in [-0.15, -0.1) is 0 Å². The predicted octanol–water partition coefficient (Wildman–Crippen LogP) is 2.30. The van der Waals surface area contributed by atoms with Gasteiger partial charge < -0.3 is 10.1 Å². The van der Waals surface area contributed by atoms with E-state index in [4.69, 9.17) is 4.74 Å². The van der Waals surface area contributed by atoms with Crippen LogP contribution in [0.5, 0.6) is 5.75 Å². The molecule has 20 heavy (non-hydrogen) atoms. The molecule has 7 nitrogen and oxygen atoms in total. The van der Waals surface area contributed by atoms with E-state index in [9.17, 15) is 10.1 Å². The number of ether oxygens (including phenoxy) is 1. The Balaban J connectivity index is 1.93. The summed E-state index contributed by atoms with van der Waals surface area (Å²) in [6.45, 7) is 1.40. The number of benzene rings is 1. The summed E-state index contributed by atoms with van der Waals surface area (Å²) in [5.41, 5.74) is 0.514. The van der Waals surface area contributed by atoms with Crippen molar-refractivity contribution in [3.05, 3.63) is 46.8 Å². The molecule has 0 radical (unpaired) electrons. The molecule has 0 spiro atoms. The van der Waals surface area contributed by atoms with E-state index in [1.807, 2.05) is 16.9 Å². The first-order valence-corrected chi connectivity index (χ1v) is 6.24. The number of nitrogens with zero attached hydrogens (tertiary/aromatic N) is 3. The Morgan fingerprint density at radius 1 is 1.50 bits per heavy atom. The number of anilines is 1. The first kappa shape index (κ1) is 13.9. The molecule has 1 aromatic carbocycles. The monoisotopic (exact) mass is 276 g/mol. The quantitative estimate of drug-likeness (QED) is 0.476. The molecule has 0 amide bonds. The van der Waals surface area contributed by atoms with Crippen LogP contribution in [-0.4, -0.2) is 28.4 Å². The fraction of sp³-hybridized carbons (Fsp3) is 0.308. The van der Waals surface area contributed by atoms with Gasteiger partial charge in [-0.3, -0.25) is 14.8 Å². The molecule has 0 aliphatic heterocycles. The molecular formula is C13H16N4O3. The van der Waals surface area contributed by atoms with Gasteiger partial charge in [0.15, 0.2) is 0 Å². The minimum atomic E-state index is -0.418. The standard InChI is InChI=1S/C13H16N4O3/c1-20-11-4-5-12(13(10-11)17(18)19)14-6-2-8-16-9-3-7-15-16/h3-5,7,9-10,14H,2,6,8H2,1H3. The van der Waals surface area contributed by atoms with Crippen LogP contribution in [0.2, 0.25) is 0 Å². The van der Waals surface area contributed by atoms with Gasteiger partial charge in [0.05, 0.1) is 18.1 Å². The molecule has 2 rings (SSSR count).